The monoisotopic (exact) mass is 534 g/mol. The molecule has 0 amide bonds. The lowest BCUT2D eigenvalue weighted by Crippen LogP contribution is -1.99. The summed E-state index contributed by atoms with van der Waals surface area (Å²) >= 11 is 0. The molecular formula is C35H30N6. The van der Waals surface area contributed by atoms with E-state index >= 15 is 0 Å². The van der Waals surface area contributed by atoms with Crippen molar-refractivity contribution in [2.45, 2.75) is 34.6 Å². The number of rotatable bonds is 5. The third-order valence-electron chi connectivity index (χ3n) is 6.90. The van der Waals surface area contributed by atoms with Crippen molar-refractivity contribution in [1.82, 2.24) is 29.9 Å². The van der Waals surface area contributed by atoms with Gasteiger partial charge in [0, 0.05) is 11.1 Å². The molecule has 0 fully saturated rings. The van der Waals surface area contributed by atoms with Gasteiger partial charge < -0.3 is 0 Å². The Hall–Kier alpha value is -5.10. The Morgan fingerprint density at radius 1 is 0.317 bits per heavy atom. The lowest BCUT2D eigenvalue weighted by atomic mass is 9.94. The van der Waals surface area contributed by atoms with E-state index in [0.29, 0.717) is 11.6 Å². The number of hydrogen-bond donors (Lipinski definition) is 0. The summed E-state index contributed by atoms with van der Waals surface area (Å²) in [7, 11) is 0. The van der Waals surface area contributed by atoms with E-state index in [1.165, 1.54) is 0 Å². The maximum absolute atomic E-state index is 4.58. The first-order valence-electron chi connectivity index (χ1n) is 13.6. The fourth-order valence-corrected chi connectivity index (χ4v) is 5.16. The van der Waals surface area contributed by atoms with E-state index in [2.05, 4.69) is 122 Å². The number of aryl methyl sites for hydroxylation is 5. The highest BCUT2D eigenvalue weighted by Gasteiger charge is 2.11. The Labute approximate surface area is 240 Å². The third-order valence-corrected chi connectivity index (χ3v) is 6.90. The van der Waals surface area contributed by atoms with Crippen molar-refractivity contribution in [3.63, 3.8) is 0 Å². The lowest BCUT2D eigenvalue weighted by Gasteiger charge is -2.11. The van der Waals surface area contributed by atoms with Crippen molar-refractivity contribution in [1.29, 1.82) is 0 Å². The van der Waals surface area contributed by atoms with Crippen LogP contribution in [0.15, 0.2) is 91.0 Å². The molecule has 0 saturated carbocycles. The molecule has 6 nitrogen and oxygen atoms in total. The Balaban J connectivity index is 1.35. The zero-order valence-electron chi connectivity index (χ0n) is 23.8. The first-order chi connectivity index (χ1) is 19.8. The highest BCUT2D eigenvalue weighted by atomic mass is 15.0. The van der Waals surface area contributed by atoms with Gasteiger partial charge in [-0.1, -0.05) is 60.7 Å². The van der Waals surface area contributed by atoms with Crippen LogP contribution in [0.5, 0.6) is 0 Å². The van der Waals surface area contributed by atoms with Crippen LogP contribution in [0.4, 0.5) is 0 Å². The van der Waals surface area contributed by atoms with Gasteiger partial charge in [-0.3, -0.25) is 0 Å². The van der Waals surface area contributed by atoms with Crippen LogP contribution in [0.25, 0.3) is 56.2 Å². The largest absolute Gasteiger partial charge is 0.219 e. The summed E-state index contributed by atoms with van der Waals surface area (Å²) in [5.74, 6) is 4.29. The minimum Gasteiger partial charge on any atom is -0.219 e. The smallest absolute Gasteiger partial charge is 0.163 e. The zero-order chi connectivity index (χ0) is 28.5. The van der Waals surface area contributed by atoms with E-state index in [1.54, 1.807) is 0 Å². The summed E-state index contributed by atoms with van der Waals surface area (Å²) in [6, 6.07) is 32.2. The molecule has 0 spiro atoms. The second-order valence-corrected chi connectivity index (χ2v) is 10.3. The van der Waals surface area contributed by atoms with Gasteiger partial charge in [-0.25, -0.2) is 29.9 Å². The van der Waals surface area contributed by atoms with Gasteiger partial charge in [0.15, 0.2) is 11.6 Å². The number of nitrogens with zero attached hydrogens (tertiary/aromatic N) is 6. The Kier molecular flexibility index (Phi) is 6.89. The van der Waals surface area contributed by atoms with Gasteiger partial charge in [0.25, 0.3) is 0 Å². The molecule has 2 heterocycles. The summed E-state index contributed by atoms with van der Waals surface area (Å²) in [4.78, 5) is 26.9. The van der Waals surface area contributed by atoms with Crippen LogP contribution in [0, 0.1) is 34.6 Å². The van der Waals surface area contributed by atoms with E-state index < -0.39 is 0 Å². The topological polar surface area (TPSA) is 77.3 Å². The summed E-state index contributed by atoms with van der Waals surface area (Å²) in [5.41, 5.74) is 9.94. The summed E-state index contributed by atoms with van der Waals surface area (Å²) in [5, 5.41) is 0. The molecule has 0 aliphatic rings. The van der Waals surface area contributed by atoms with Crippen LogP contribution in [-0.2, 0) is 0 Å². The summed E-state index contributed by atoms with van der Waals surface area (Å²) in [6.45, 7) is 9.70. The zero-order valence-corrected chi connectivity index (χ0v) is 23.8. The molecule has 0 unspecified atom stereocenters. The predicted octanol–water partition coefficient (Wildman–Crippen LogP) is 7.93. The molecule has 6 heteroatoms. The van der Waals surface area contributed by atoms with Crippen molar-refractivity contribution in [2.24, 2.45) is 0 Å². The quantitative estimate of drug-likeness (QED) is 0.223. The molecule has 0 N–H and O–H groups in total. The van der Waals surface area contributed by atoms with Crippen LogP contribution in [-0.4, -0.2) is 29.9 Å². The Morgan fingerprint density at radius 2 is 0.634 bits per heavy atom. The minimum absolute atomic E-state index is 0.695. The number of benzene rings is 4. The van der Waals surface area contributed by atoms with Crippen molar-refractivity contribution < 1.29 is 0 Å². The first-order valence-corrected chi connectivity index (χ1v) is 13.6. The average molecular weight is 535 g/mol. The number of hydrogen-bond acceptors (Lipinski definition) is 6. The molecule has 200 valence electrons. The minimum atomic E-state index is 0.695. The fourth-order valence-electron chi connectivity index (χ4n) is 5.16. The normalized spacial score (nSPS) is 11.0. The average Bonchev–Trinajstić information content (AvgIpc) is 2.96. The van der Waals surface area contributed by atoms with E-state index in [9.17, 15) is 0 Å². The predicted molar refractivity (Wildman–Crippen MR) is 164 cm³/mol. The third kappa shape index (κ3) is 5.77. The lowest BCUT2D eigenvalue weighted by molar-refractivity contribution is 0.928. The van der Waals surface area contributed by atoms with Crippen LogP contribution in [0.2, 0.25) is 0 Å². The molecule has 0 aliphatic carbocycles. The molecular weight excluding hydrogens is 504 g/mol. The highest BCUT2D eigenvalue weighted by Crippen LogP contribution is 2.32. The van der Waals surface area contributed by atoms with Gasteiger partial charge in [-0.05, 0) is 104 Å². The van der Waals surface area contributed by atoms with Gasteiger partial charge in [-0.15, -0.1) is 0 Å². The van der Waals surface area contributed by atoms with E-state index in [4.69, 9.17) is 0 Å². The van der Waals surface area contributed by atoms with E-state index in [-0.39, 0.29) is 0 Å². The number of aromatic nitrogens is 6. The van der Waals surface area contributed by atoms with Crippen molar-refractivity contribution in [2.75, 3.05) is 0 Å². The van der Waals surface area contributed by atoms with Crippen LogP contribution >= 0.6 is 0 Å². The molecule has 41 heavy (non-hydrogen) atoms. The van der Waals surface area contributed by atoms with Gasteiger partial charge in [-0.2, -0.15) is 0 Å². The summed E-state index contributed by atoms with van der Waals surface area (Å²) in [6.07, 6.45) is 0. The maximum atomic E-state index is 4.58. The second-order valence-electron chi connectivity index (χ2n) is 10.3. The van der Waals surface area contributed by atoms with E-state index in [1.807, 2.05) is 33.8 Å². The molecule has 4 aromatic carbocycles. The van der Waals surface area contributed by atoms with Gasteiger partial charge >= 0.3 is 0 Å². The van der Waals surface area contributed by atoms with Crippen molar-refractivity contribution in [3.8, 4) is 56.2 Å². The van der Waals surface area contributed by atoms with Gasteiger partial charge in [0.05, 0.1) is 0 Å². The maximum Gasteiger partial charge on any atom is 0.163 e. The van der Waals surface area contributed by atoms with Crippen LogP contribution in [0.1, 0.15) is 28.9 Å². The molecule has 0 aliphatic heterocycles. The van der Waals surface area contributed by atoms with Crippen LogP contribution in [0.3, 0.4) is 0 Å². The summed E-state index contributed by atoms with van der Waals surface area (Å²) < 4.78 is 0. The van der Waals surface area contributed by atoms with E-state index in [0.717, 1.165) is 73.4 Å². The second kappa shape index (κ2) is 10.8. The molecule has 0 bridgehead atoms. The fraction of sp³-hybridized carbons (Fsp3) is 0.143. The molecule has 2 aromatic heterocycles. The Bertz CT molecular complexity index is 1870. The molecule has 6 aromatic rings. The standard InChI is InChI=1S/C35H30N6/c1-21-15-32(20-33(16-21)35-40-24(4)37-25(5)41-35)30-13-7-11-28(18-30)26-9-6-10-27(17-26)29-12-8-14-31(19-29)34-38-22(2)36-23(3)39-34/h6-20H,1-5H3. The van der Waals surface area contributed by atoms with Crippen molar-refractivity contribution in [3.05, 3.63) is 120 Å². The van der Waals surface area contributed by atoms with Crippen molar-refractivity contribution >= 4 is 0 Å². The van der Waals surface area contributed by atoms with Gasteiger partial charge in [0.1, 0.15) is 23.3 Å². The van der Waals surface area contributed by atoms with Crippen LogP contribution < -0.4 is 0 Å². The van der Waals surface area contributed by atoms with Gasteiger partial charge in [0.2, 0.25) is 0 Å². The SMILES string of the molecule is Cc1cc(-c2cccc(-c3cccc(-c4cccc(-c5nc(C)nc(C)n5)c4)c3)c2)cc(-c2nc(C)nc(C)n2)c1. The molecule has 0 saturated heterocycles. The first kappa shape index (κ1) is 26.1. The molecule has 0 atom stereocenters. The molecule has 0 radical (unpaired) electrons. The highest BCUT2D eigenvalue weighted by molar-refractivity contribution is 5.79. The Morgan fingerprint density at radius 3 is 1.10 bits per heavy atom. The molecule has 6 rings (SSSR count).